The number of hydrogen-bond acceptors (Lipinski definition) is 3. The molecule has 0 aromatic carbocycles. The topological polar surface area (TPSA) is 38.7 Å². The molecule has 0 bridgehead atoms. The summed E-state index contributed by atoms with van der Waals surface area (Å²) in [6, 6.07) is 0. The predicted octanol–water partition coefficient (Wildman–Crippen LogP) is 0.887. The first-order valence-electron chi connectivity index (χ1n) is 2.24. The standard InChI is InChI=1S/C6H7NO2/c1-3-6(4-7-2)9-5-8/h3-5H,1-2H2/b6-4+. The highest BCUT2D eigenvalue weighted by atomic mass is 16.5. The fourth-order valence-electron chi connectivity index (χ4n) is 0.277. The third-order valence-electron chi connectivity index (χ3n) is 0.604. The summed E-state index contributed by atoms with van der Waals surface area (Å²) in [6.07, 6.45) is 2.66. The van der Waals surface area contributed by atoms with Crippen LogP contribution in [-0.4, -0.2) is 13.2 Å². The van der Waals surface area contributed by atoms with Crippen molar-refractivity contribution in [3.8, 4) is 0 Å². The first kappa shape index (κ1) is 7.62. The highest BCUT2D eigenvalue weighted by molar-refractivity contribution is 5.41. The molecule has 0 amide bonds. The van der Waals surface area contributed by atoms with Gasteiger partial charge in [-0.1, -0.05) is 6.58 Å². The Balaban J connectivity index is 3.95. The van der Waals surface area contributed by atoms with Gasteiger partial charge in [0.2, 0.25) is 0 Å². The van der Waals surface area contributed by atoms with Crippen LogP contribution in [0, 0.1) is 0 Å². The van der Waals surface area contributed by atoms with Gasteiger partial charge < -0.3 is 4.74 Å². The monoisotopic (exact) mass is 125 g/mol. The Bertz CT molecular complexity index is 149. The van der Waals surface area contributed by atoms with E-state index >= 15 is 0 Å². The van der Waals surface area contributed by atoms with Crippen molar-refractivity contribution in [1.82, 2.24) is 0 Å². The van der Waals surface area contributed by atoms with Gasteiger partial charge >= 0.3 is 0 Å². The molecule has 0 aliphatic carbocycles. The van der Waals surface area contributed by atoms with E-state index in [0.29, 0.717) is 12.2 Å². The number of ether oxygens (including phenoxy) is 1. The molecule has 0 aliphatic heterocycles. The third kappa shape index (κ3) is 3.22. The van der Waals surface area contributed by atoms with Gasteiger partial charge in [-0.25, -0.2) is 0 Å². The van der Waals surface area contributed by atoms with Crippen LogP contribution in [0.25, 0.3) is 0 Å². The molecule has 9 heavy (non-hydrogen) atoms. The SMILES string of the molecule is C=C/C(=C\N=C)OC=O. The van der Waals surface area contributed by atoms with Crippen molar-refractivity contribution in [2.24, 2.45) is 4.99 Å². The Labute approximate surface area is 53.4 Å². The number of carbonyl (C=O) groups is 1. The summed E-state index contributed by atoms with van der Waals surface area (Å²) in [5.41, 5.74) is 0. The molecule has 0 aromatic rings. The van der Waals surface area contributed by atoms with E-state index in [0.717, 1.165) is 0 Å². The Hall–Kier alpha value is -1.38. The minimum Gasteiger partial charge on any atom is -0.427 e. The van der Waals surface area contributed by atoms with Crippen molar-refractivity contribution in [2.75, 3.05) is 0 Å². The van der Waals surface area contributed by atoms with Crippen LogP contribution in [0.15, 0.2) is 29.6 Å². The van der Waals surface area contributed by atoms with E-state index in [1.807, 2.05) is 0 Å². The van der Waals surface area contributed by atoms with Crippen LogP contribution in [0.3, 0.4) is 0 Å². The summed E-state index contributed by atoms with van der Waals surface area (Å²) in [4.78, 5) is 13.0. The molecule has 0 saturated heterocycles. The van der Waals surface area contributed by atoms with Crippen molar-refractivity contribution < 1.29 is 9.53 Å². The van der Waals surface area contributed by atoms with Crippen molar-refractivity contribution in [2.45, 2.75) is 0 Å². The number of nitrogens with zero attached hydrogens (tertiary/aromatic N) is 1. The van der Waals surface area contributed by atoms with Crippen LogP contribution < -0.4 is 0 Å². The Morgan fingerprint density at radius 3 is 2.67 bits per heavy atom. The van der Waals surface area contributed by atoms with Crippen LogP contribution in [0.5, 0.6) is 0 Å². The third-order valence-corrected chi connectivity index (χ3v) is 0.604. The van der Waals surface area contributed by atoms with Gasteiger partial charge in [0.05, 0.1) is 6.20 Å². The average molecular weight is 125 g/mol. The fourth-order valence-corrected chi connectivity index (χ4v) is 0.277. The highest BCUT2D eigenvalue weighted by Gasteiger charge is 1.85. The molecule has 0 radical (unpaired) electrons. The molecule has 0 aliphatic rings. The number of allylic oxidation sites excluding steroid dienone is 1. The van der Waals surface area contributed by atoms with E-state index in [4.69, 9.17) is 0 Å². The van der Waals surface area contributed by atoms with Gasteiger partial charge in [0.1, 0.15) is 5.76 Å². The number of hydrogen-bond donors (Lipinski definition) is 0. The van der Waals surface area contributed by atoms with E-state index in [2.05, 4.69) is 23.0 Å². The Morgan fingerprint density at radius 2 is 2.33 bits per heavy atom. The first-order valence-corrected chi connectivity index (χ1v) is 2.24. The maximum atomic E-state index is 9.68. The van der Waals surface area contributed by atoms with Gasteiger partial charge in [-0.05, 0) is 12.8 Å². The average Bonchev–Trinajstić information content (AvgIpc) is 1.88. The molecule has 0 atom stereocenters. The molecule has 0 heterocycles. The van der Waals surface area contributed by atoms with E-state index in [9.17, 15) is 4.79 Å². The zero-order valence-electron chi connectivity index (χ0n) is 4.91. The largest absolute Gasteiger partial charge is 0.427 e. The molecule has 0 aromatic heterocycles. The lowest BCUT2D eigenvalue weighted by Gasteiger charge is -1.91. The lowest BCUT2D eigenvalue weighted by molar-refractivity contribution is -0.124. The maximum Gasteiger partial charge on any atom is 0.298 e. The fraction of sp³-hybridized carbons (Fsp3) is 0. The zero-order valence-corrected chi connectivity index (χ0v) is 4.91. The van der Waals surface area contributed by atoms with Gasteiger partial charge in [-0.15, -0.1) is 0 Å². The van der Waals surface area contributed by atoms with E-state index in [1.54, 1.807) is 0 Å². The molecule has 48 valence electrons. The van der Waals surface area contributed by atoms with E-state index in [1.165, 1.54) is 12.3 Å². The molecule has 3 nitrogen and oxygen atoms in total. The van der Waals surface area contributed by atoms with E-state index in [-0.39, 0.29) is 0 Å². The predicted molar refractivity (Wildman–Crippen MR) is 35.0 cm³/mol. The molecule has 0 fully saturated rings. The van der Waals surface area contributed by atoms with Gasteiger partial charge in [0.25, 0.3) is 6.47 Å². The van der Waals surface area contributed by atoms with Crippen molar-refractivity contribution in [3.63, 3.8) is 0 Å². The Morgan fingerprint density at radius 1 is 1.67 bits per heavy atom. The van der Waals surface area contributed by atoms with E-state index < -0.39 is 0 Å². The minimum absolute atomic E-state index is 0.292. The first-order chi connectivity index (χ1) is 4.35. The second-order valence-corrected chi connectivity index (χ2v) is 1.13. The summed E-state index contributed by atoms with van der Waals surface area (Å²) >= 11 is 0. The van der Waals surface area contributed by atoms with Gasteiger partial charge in [-0.3, -0.25) is 9.79 Å². The van der Waals surface area contributed by atoms with Crippen LogP contribution in [0.4, 0.5) is 0 Å². The molecule has 0 saturated carbocycles. The molecular weight excluding hydrogens is 118 g/mol. The smallest absolute Gasteiger partial charge is 0.298 e. The molecule has 0 unspecified atom stereocenters. The van der Waals surface area contributed by atoms with Crippen molar-refractivity contribution >= 4 is 13.2 Å². The van der Waals surface area contributed by atoms with Crippen LogP contribution in [0.2, 0.25) is 0 Å². The molecule has 3 heteroatoms. The normalized spacial score (nSPS) is 10.0. The summed E-state index contributed by atoms with van der Waals surface area (Å²) in [7, 11) is 0. The number of rotatable bonds is 4. The second-order valence-electron chi connectivity index (χ2n) is 1.13. The van der Waals surface area contributed by atoms with Gasteiger partial charge in [-0.2, -0.15) is 0 Å². The quantitative estimate of drug-likeness (QED) is 0.242. The number of aliphatic imine (C=N–C) groups is 1. The summed E-state index contributed by atoms with van der Waals surface area (Å²) in [5.74, 6) is 0.292. The Kier molecular flexibility index (Phi) is 4.04. The molecule has 0 N–H and O–H groups in total. The van der Waals surface area contributed by atoms with Crippen LogP contribution in [0.1, 0.15) is 0 Å². The number of carbonyl (C=O) groups excluding carboxylic acids is 1. The highest BCUT2D eigenvalue weighted by Crippen LogP contribution is 1.94. The van der Waals surface area contributed by atoms with Crippen molar-refractivity contribution in [3.05, 3.63) is 24.6 Å². The summed E-state index contributed by atoms with van der Waals surface area (Å²) in [6.45, 7) is 6.82. The molecule has 0 spiro atoms. The molecule has 0 rings (SSSR count). The minimum atomic E-state index is 0.292. The van der Waals surface area contributed by atoms with Crippen molar-refractivity contribution in [1.29, 1.82) is 0 Å². The van der Waals surface area contributed by atoms with Gasteiger partial charge in [0.15, 0.2) is 0 Å². The van der Waals surface area contributed by atoms with Crippen LogP contribution >= 0.6 is 0 Å². The maximum absolute atomic E-state index is 9.68. The lowest BCUT2D eigenvalue weighted by atomic mass is 10.5. The second kappa shape index (κ2) is 4.77. The summed E-state index contributed by atoms with van der Waals surface area (Å²) < 4.78 is 4.36. The van der Waals surface area contributed by atoms with Crippen LogP contribution in [-0.2, 0) is 9.53 Å². The zero-order chi connectivity index (χ0) is 7.11. The summed E-state index contributed by atoms with van der Waals surface area (Å²) in [5, 5.41) is 0. The molecular formula is C6H7NO2. The van der Waals surface area contributed by atoms with Gasteiger partial charge in [0, 0.05) is 0 Å². The lowest BCUT2D eigenvalue weighted by Crippen LogP contribution is -1.83.